The van der Waals surface area contributed by atoms with Gasteiger partial charge >= 0.3 is 0 Å². The number of rotatable bonds is 2. The number of hydrogen-bond donors (Lipinski definition) is 1. The van der Waals surface area contributed by atoms with Gasteiger partial charge in [0.05, 0.1) is 5.75 Å². The highest BCUT2D eigenvalue weighted by Crippen LogP contribution is 2.04. The molecule has 0 aromatic carbocycles. The van der Waals surface area contributed by atoms with E-state index in [4.69, 9.17) is 16.3 Å². The number of nitrogens with zero attached hydrogens (tertiary/aromatic N) is 1. The summed E-state index contributed by atoms with van der Waals surface area (Å²) in [6.45, 7) is 0. The second kappa shape index (κ2) is 3.18. The molecule has 0 fully saturated rings. The summed E-state index contributed by atoms with van der Waals surface area (Å²) in [6.07, 6.45) is 3.21. The Bertz CT molecular complexity index is 248. The van der Waals surface area contributed by atoms with Crippen molar-refractivity contribution < 1.29 is 8.76 Å². The maximum Gasteiger partial charge on any atom is 0.157 e. The first-order valence-electron chi connectivity index (χ1n) is 2.59. The molecule has 1 rings (SSSR count). The van der Waals surface area contributed by atoms with Crippen molar-refractivity contribution >= 4 is 22.9 Å². The Morgan fingerprint density at radius 3 is 2.90 bits per heavy atom. The van der Waals surface area contributed by atoms with E-state index >= 15 is 0 Å². The van der Waals surface area contributed by atoms with E-state index in [1.807, 2.05) is 0 Å². The quantitative estimate of drug-likeness (QED) is 0.694. The number of hydrogen-bond acceptors (Lipinski definition) is 1. The van der Waals surface area contributed by atoms with Gasteiger partial charge in [-0.3, -0.25) is 4.09 Å². The van der Waals surface area contributed by atoms with E-state index in [0.717, 1.165) is 5.56 Å². The summed E-state index contributed by atoms with van der Waals surface area (Å²) in [7, 11) is 0. The minimum absolute atomic E-state index is 0.139. The lowest BCUT2D eigenvalue weighted by Gasteiger charge is -1.87. The van der Waals surface area contributed by atoms with Crippen LogP contribution < -0.4 is 0 Å². The standard InChI is InChI=1S/C5H6ClNO2S/c6-7-2-1-5(3-7)4-10(8)9/h1-3H,4H2,(H,8,9). The highest BCUT2D eigenvalue weighted by molar-refractivity contribution is 7.78. The van der Waals surface area contributed by atoms with Crippen molar-refractivity contribution in [1.29, 1.82) is 0 Å². The Hall–Kier alpha value is -0.320. The van der Waals surface area contributed by atoms with Crippen LogP contribution in [0.1, 0.15) is 5.56 Å². The van der Waals surface area contributed by atoms with Crippen molar-refractivity contribution in [2.24, 2.45) is 0 Å². The van der Waals surface area contributed by atoms with Crippen LogP contribution in [0.2, 0.25) is 0 Å². The summed E-state index contributed by atoms with van der Waals surface area (Å²) < 4.78 is 20.0. The van der Waals surface area contributed by atoms with Crippen LogP contribution in [0.5, 0.6) is 0 Å². The molecule has 1 unspecified atom stereocenters. The molecule has 1 N–H and O–H groups in total. The van der Waals surface area contributed by atoms with Crippen LogP contribution >= 0.6 is 11.8 Å². The molecule has 1 atom stereocenters. The summed E-state index contributed by atoms with van der Waals surface area (Å²) in [5.41, 5.74) is 0.760. The summed E-state index contributed by atoms with van der Waals surface area (Å²) in [6, 6.07) is 1.70. The van der Waals surface area contributed by atoms with Gasteiger partial charge in [0.1, 0.15) is 0 Å². The lowest BCUT2D eigenvalue weighted by molar-refractivity contribution is 0.563. The fraction of sp³-hybridized carbons (Fsp3) is 0.200. The van der Waals surface area contributed by atoms with Crippen LogP contribution in [-0.2, 0) is 16.8 Å². The van der Waals surface area contributed by atoms with Gasteiger partial charge < -0.3 is 4.55 Å². The average Bonchev–Trinajstić information content (AvgIpc) is 2.13. The lowest BCUT2D eigenvalue weighted by atomic mass is 10.4. The molecule has 3 nitrogen and oxygen atoms in total. The highest BCUT2D eigenvalue weighted by Gasteiger charge is 1.98. The summed E-state index contributed by atoms with van der Waals surface area (Å²) in [5, 5.41) is 0. The lowest BCUT2D eigenvalue weighted by Crippen LogP contribution is -1.89. The molecule has 0 saturated carbocycles. The summed E-state index contributed by atoms with van der Waals surface area (Å²) >= 11 is 3.70. The maximum absolute atomic E-state index is 10.2. The zero-order valence-corrected chi connectivity index (χ0v) is 6.60. The van der Waals surface area contributed by atoms with Gasteiger partial charge in [-0.05, 0) is 11.6 Å². The molecule has 0 aliphatic carbocycles. The van der Waals surface area contributed by atoms with Crippen LogP contribution in [0.15, 0.2) is 18.5 Å². The molecule has 0 aliphatic heterocycles. The van der Waals surface area contributed by atoms with Crippen LogP contribution in [0.4, 0.5) is 0 Å². The molecule has 1 aromatic heterocycles. The Balaban J connectivity index is 2.67. The minimum atomic E-state index is -1.78. The van der Waals surface area contributed by atoms with E-state index in [1.54, 1.807) is 18.5 Å². The van der Waals surface area contributed by atoms with Crippen LogP contribution in [-0.4, -0.2) is 12.8 Å². The highest BCUT2D eigenvalue weighted by atomic mass is 35.5. The minimum Gasteiger partial charge on any atom is -0.306 e. The van der Waals surface area contributed by atoms with Crippen molar-refractivity contribution in [3.63, 3.8) is 0 Å². The van der Waals surface area contributed by atoms with Crippen molar-refractivity contribution in [3.05, 3.63) is 24.0 Å². The fourth-order valence-corrected chi connectivity index (χ4v) is 1.28. The molecule has 0 saturated heterocycles. The van der Waals surface area contributed by atoms with E-state index in [-0.39, 0.29) is 5.75 Å². The van der Waals surface area contributed by atoms with Crippen molar-refractivity contribution in [2.75, 3.05) is 0 Å². The third-order valence-electron chi connectivity index (χ3n) is 1.01. The van der Waals surface area contributed by atoms with Crippen molar-refractivity contribution in [1.82, 2.24) is 4.09 Å². The summed E-state index contributed by atoms with van der Waals surface area (Å²) in [5.74, 6) is 0.139. The monoisotopic (exact) mass is 179 g/mol. The Morgan fingerprint density at radius 2 is 2.50 bits per heavy atom. The predicted molar refractivity (Wildman–Crippen MR) is 40.2 cm³/mol. The zero-order valence-electron chi connectivity index (χ0n) is 5.03. The summed E-state index contributed by atoms with van der Waals surface area (Å²) in [4.78, 5) is 0. The normalized spacial score (nSPS) is 13.4. The second-order valence-electron chi connectivity index (χ2n) is 1.83. The molecule has 1 aromatic rings. The SMILES string of the molecule is O=S(O)Cc1ccn(Cl)c1. The third-order valence-corrected chi connectivity index (χ3v) is 1.80. The van der Waals surface area contributed by atoms with Crippen LogP contribution in [0.25, 0.3) is 0 Å². The van der Waals surface area contributed by atoms with Gasteiger partial charge in [-0.2, -0.15) is 0 Å². The van der Waals surface area contributed by atoms with Crippen molar-refractivity contribution in [2.45, 2.75) is 5.75 Å². The average molecular weight is 180 g/mol. The first kappa shape index (κ1) is 7.78. The van der Waals surface area contributed by atoms with Crippen molar-refractivity contribution in [3.8, 4) is 0 Å². The van der Waals surface area contributed by atoms with Gasteiger partial charge in [-0.1, -0.05) is 0 Å². The Morgan fingerprint density at radius 1 is 1.80 bits per heavy atom. The number of halogens is 1. The molecular weight excluding hydrogens is 174 g/mol. The largest absolute Gasteiger partial charge is 0.306 e. The molecule has 0 radical (unpaired) electrons. The van der Waals surface area contributed by atoms with E-state index in [2.05, 4.69) is 0 Å². The molecule has 0 amide bonds. The molecule has 0 bridgehead atoms. The van der Waals surface area contributed by atoms with Crippen LogP contribution in [0.3, 0.4) is 0 Å². The molecule has 0 spiro atoms. The van der Waals surface area contributed by atoms with E-state index in [0.29, 0.717) is 0 Å². The number of aromatic nitrogens is 1. The molecule has 0 aliphatic rings. The topological polar surface area (TPSA) is 42.2 Å². The second-order valence-corrected chi connectivity index (χ2v) is 3.15. The van der Waals surface area contributed by atoms with E-state index < -0.39 is 11.1 Å². The van der Waals surface area contributed by atoms with Gasteiger partial charge in [0, 0.05) is 24.2 Å². The van der Waals surface area contributed by atoms with Gasteiger partial charge in [0.25, 0.3) is 0 Å². The van der Waals surface area contributed by atoms with Gasteiger partial charge in [-0.15, -0.1) is 0 Å². The predicted octanol–water partition coefficient (Wildman–Crippen LogP) is 1.21. The fourth-order valence-electron chi connectivity index (χ4n) is 0.639. The maximum atomic E-state index is 10.2. The smallest absolute Gasteiger partial charge is 0.157 e. The Labute approximate surface area is 66.0 Å². The van der Waals surface area contributed by atoms with E-state index in [9.17, 15) is 4.21 Å². The first-order valence-corrected chi connectivity index (χ1v) is 4.20. The van der Waals surface area contributed by atoms with Crippen LogP contribution in [0, 0.1) is 0 Å². The molecular formula is C5H6ClNO2S. The first-order chi connectivity index (χ1) is 4.68. The molecule has 5 heteroatoms. The van der Waals surface area contributed by atoms with Gasteiger partial charge in [0.2, 0.25) is 0 Å². The van der Waals surface area contributed by atoms with Gasteiger partial charge in [-0.25, -0.2) is 4.21 Å². The Kier molecular flexibility index (Phi) is 2.48. The molecule has 10 heavy (non-hydrogen) atoms. The molecule has 56 valence electrons. The third kappa shape index (κ3) is 2.13. The zero-order chi connectivity index (χ0) is 7.56. The molecule has 1 heterocycles. The van der Waals surface area contributed by atoms with Gasteiger partial charge in [0.15, 0.2) is 11.1 Å². The van der Waals surface area contributed by atoms with E-state index in [1.165, 1.54) is 4.09 Å².